The smallest absolute Gasteiger partial charge is 0.325 e. The van der Waals surface area contributed by atoms with Gasteiger partial charge in [0.1, 0.15) is 36.8 Å². The molecule has 44 heavy (non-hydrogen) atoms. The Labute approximate surface area is 260 Å². The van der Waals surface area contributed by atoms with Crippen LogP contribution in [-0.4, -0.2) is 107 Å². The molecule has 1 aliphatic rings. The Balaban J connectivity index is 3.63. The summed E-state index contributed by atoms with van der Waals surface area (Å²) in [6.07, 6.45) is 0.278. The average Bonchev–Trinajstić information content (AvgIpc) is 2.98. The van der Waals surface area contributed by atoms with Crippen LogP contribution in [0, 0.1) is 17.8 Å². The van der Waals surface area contributed by atoms with Crippen LogP contribution in [0.2, 0.25) is 0 Å². The Morgan fingerprint density at radius 2 is 1.52 bits per heavy atom. The molecule has 8 atom stereocenters. The minimum absolute atomic E-state index is 0.00422. The second kappa shape index (κ2) is 18.5. The van der Waals surface area contributed by atoms with Gasteiger partial charge in [0.2, 0.25) is 29.5 Å². The lowest BCUT2D eigenvalue weighted by molar-refractivity contribution is -0.157. The van der Waals surface area contributed by atoms with Gasteiger partial charge in [-0.2, -0.15) is 0 Å². The number of amides is 5. The topological polar surface area (TPSA) is 203 Å². The number of aliphatic hydroxyl groups is 2. The number of hydrogen-bond donors (Lipinski definition) is 6. The summed E-state index contributed by atoms with van der Waals surface area (Å²) in [5.74, 6) is -5.69. The molecule has 0 radical (unpaired) electrons. The molecular formula is C30H53N5O9. The number of rotatable bonds is 9. The van der Waals surface area contributed by atoms with Gasteiger partial charge >= 0.3 is 5.97 Å². The zero-order chi connectivity index (χ0) is 33.7. The van der Waals surface area contributed by atoms with E-state index in [0.717, 1.165) is 6.42 Å². The summed E-state index contributed by atoms with van der Waals surface area (Å²) >= 11 is 0. The van der Waals surface area contributed by atoms with Crippen molar-refractivity contribution in [3.8, 4) is 0 Å². The SMILES string of the molecule is CCCCC1OC(=O)CNC(=O)C(C(C)O)NC(=O)C(CO)NC(=O)C(C(C)CC)NC(=O)C(CC(C)C)N(C)C(=O)C1C. The minimum atomic E-state index is -1.53. The summed E-state index contributed by atoms with van der Waals surface area (Å²) in [7, 11) is 1.49. The van der Waals surface area contributed by atoms with E-state index in [0.29, 0.717) is 19.3 Å². The van der Waals surface area contributed by atoms with Gasteiger partial charge in [-0.15, -0.1) is 0 Å². The second-order valence-electron chi connectivity index (χ2n) is 12.1. The molecule has 1 rings (SSSR count). The fourth-order valence-corrected chi connectivity index (χ4v) is 4.88. The van der Waals surface area contributed by atoms with E-state index in [1.807, 2.05) is 27.7 Å². The molecule has 0 spiro atoms. The van der Waals surface area contributed by atoms with Gasteiger partial charge in [-0.3, -0.25) is 28.8 Å². The first-order valence-electron chi connectivity index (χ1n) is 15.5. The Morgan fingerprint density at radius 1 is 0.909 bits per heavy atom. The predicted molar refractivity (Wildman–Crippen MR) is 162 cm³/mol. The van der Waals surface area contributed by atoms with E-state index in [9.17, 15) is 39.0 Å². The summed E-state index contributed by atoms with van der Waals surface area (Å²) in [6.45, 7) is 10.7. The predicted octanol–water partition coefficient (Wildman–Crippen LogP) is -0.399. The number of hydrogen-bond acceptors (Lipinski definition) is 9. The molecule has 0 aromatic carbocycles. The number of likely N-dealkylation sites (N-methyl/N-ethyl adjacent to an activating group) is 1. The standard InChI is InChI=1S/C30H53N5O9/c1-9-11-12-22-18(6)30(43)35(8)21(13-16(3)4)27(40)33-24(17(5)10-2)29(42)32-20(15-36)26(39)34-25(19(7)37)28(41)31-14-23(38)44-22/h16-22,24-25,36-37H,9-15H2,1-8H3,(H,31,41)(H,32,42)(H,33,40)(H,34,39). The largest absolute Gasteiger partial charge is 0.460 e. The van der Waals surface area contributed by atoms with Crippen LogP contribution in [0.25, 0.3) is 0 Å². The van der Waals surface area contributed by atoms with Gasteiger partial charge in [0, 0.05) is 7.05 Å². The number of ether oxygens (including phenoxy) is 1. The van der Waals surface area contributed by atoms with E-state index >= 15 is 0 Å². The lowest BCUT2D eigenvalue weighted by Crippen LogP contribution is -2.61. The first kappa shape index (κ1) is 38.8. The van der Waals surface area contributed by atoms with E-state index in [1.165, 1.54) is 18.9 Å². The van der Waals surface area contributed by atoms with Crippen molar-refractivity contribution in [2.45, 2.75) is 117 Å². The molecule has 1 heterocycles. The van der Waals surface area contributed by atoms with Gasteiger partial charge in [0.15, 0.2) is 0 Å². The van der Waals surface area contributed by atoms with Crippen molar-refractivity contribution in [2.24, 2.45) is 17.8 Å². The lowest BCUT2D eigenvalue weighted by Gasteiger charge is -2.34. The molecule has 1 fully saturated rings. The fraction of sp³-hybridized carbons (Fsp3) is 0.800. The van der Waals surface area contributed by atoms with Gasteiger partial charge in [-0.05, 0) is 31.6 Å². The van der Waals surface area contributed by atoms with Gasteiger partial charge < -0.3 is 41.1 Å². The molecule has 1 aliphatic heterocycles. The van der Waals surface area contributed by atoms with E-state index in [4.69, 9.17) is 4.74 Å². The summed E-state index contributed by atoms with van der Waals surface area (Å²) in [4.78, 5) is 80.8. The first-order valence-corrected chi connectivity index (χ1v) is 15.5. The molecule has 5 amide bonds. The van der Waals surface area contributed by atoms with Crippen LogP contribution in [0.5, 0.6) is 0 Å². The average molecular weight is 628 g/mol. The zero-order valence-electron chi connectivity index (χ0n) is 27.3. The highest BCUT2D eigenvalue weighted by Gasteiger charge is 2.38. The van der Waals surface area contributed by atoms with Crippen LogP contribution < -0.4 is 21.3 Å². The Bertz CT molecular complexity index is 1010. The number of carbonyl (C=O) groups excluding carboxylic acids is 6. The van der Waals surface area contributed by atoms with Crippen molar-refractivity contribution in [2.75, 3.05) is 20.2 Å². The maximum Gasteiger partial charge on any atom is 0.325 e. The van der Waals surface area contributed by atoms with Crippen molar-refractivity contribution < 1.29 is 43.7 Å². The van der Waals surface area contributed by atoms with Gasteiger partial charge in [0.25, 0.3) is 0 Å². The molecule has 0 aliphatic carbocycles. The highest BCUT2D eigenvalue weighted by Crippen LogP contribution is 2.21. The first-order chi connectivity index (χ1) is 20.6. The Kier molecular flexibility index (Phi) is 16.3. The highest BCUT2D eigenvalue weighted by molar-refractivity contribution is 5.96. The fourth-order valence-electron chi connectivity index (χ4n) is 4.88. The van der Waals surface area contributed by atoms with Crippen molar-refractivity contribution in [1.29, 1.82) is 0 Å². The minimum Gasteiger partial charge on any atom is -0.460 e. The van der Waals surface area contributed by atoms with Crippen LogP contribution in [0.15, 0.2) is 0 Å². The molecule has 14 heteroatoms. The summed E-state index contributed by atoms with van der Waals surface area (Å²) in [6, 6.07) is -5.14. The third kappa shape index (κ3) is 11.3. The van der Waals surface area contributed by atoms with Gasteiger partial charge in [-0.1, -0.05) is 60.8 Å². The number of carbonyl (C=O) groups is 6. The van der Waals surface area contributed by atoms with Crippen molar-refractivity contribution in [3.05, 3.63) is 0 Å². The zero-order valence-corrected chi connectivity index (χ0v) is 27.3. The van der Waals surface area contributed by atoms with E-state index in [2.05, 4.69) is 21.3 Å². The summed E-state index contributed by atoms with van der Waals surface area (Å²) in [5.41, 5.74) is 0. The van der Waals surface area contributed by atoms with Crippen LogP contribution in [0.1, 0.15) is 80.6 Å². The summed E-state index contributed by atoms with van der Waals surface area (Å²) < 4.78 is 5.63. The molecule has 252 valence electrons. The van der Waals surface area contributed by atoms with Crippen molar-refractivity contribution in [1.82, 2.24) is 26.2 Å². The van der Waals surface area contributed by atoms with Crippen LogP contribution in [0.3, 0.4) is 0 Å². The van der Waals surface area contributed by atoms with Crippen LogP contribution in [0.4, 0.5) is 0 Å². The highest BCUT2D eigenvalue weighted by atomic mass is 16.5. The number of unbranched alkanes of at least 4 members (excludes halogenated alkanes) is 1. The number of nitrogens with one attached hydrogen (secondary N) is 4. The van der Waals surface area contributed by atoms with Crippen LogP contribution in [-0.2, 0) is 33.5 Å². The monoisotopic (exact) mass is 627 g/mol. The molecule has 0 bridgehead atoms. The molecule has 0 aromatic rings. The van der Waals surface area contributed by atoms with E-state index < -0.39 is 96.9 Å². The number of aliphatic hydroxyl groups excluding tert-OH is 2. The quantitative estimate of drug-likeness (QED) is 0.184. The maximum absolute atomic E-state index is 13.7. The van der Waals surface area contributed by atoms with Gasteiger partial charge in [0.05, 0.1) is 18.6 Å². The molecule has 1 saturated heterocycles. The number of esters is 1. The third-order valence-corrected chi connectivity index (χ3v) is 7.96. The van der Waals surface area contributed by atoms with Crippen molar-refractivity contribution in [3.63, 3.8) is 0 Å². The third-order valence-electron chi connectivity index (χ3n) is 7.96. The summed E-state index contributed by atoms with van der Waals surface area (Å²) in [5, 5.41) is 29.9. The lowest BCUT2D eigenvalue weighted by atomic mass is 9.94. The maximum atomic E-state index is 13.7. The molecule has 0 aromatic heterocycles. The Morgan fingerprint density at radius 3 is 2.05 bits per heavy atom. The van der Waals surface area contributed by atoms with E-state index in [1.54, 1.807) is 13.8 Å². The van der Waals surface area contributed by atoms with Crippen molar-refractivity contribution >= 4 is 35.5 Å². The van der Waals surface area contributed by atoms with Gasteiger partial charge in [-0.25, -0.2) is 0 Å². The Hall–Kier alpha value is -3.26. The normalized spacial score (nSPS) is 28.5. The molecule has 0 saturated carbocycles. The molecular weight excluding hydrogens is 574 g/mol. The number of nitrogens with zero attached hydrogens (tertiary/aromatic N) is 1. The molecule has 14 nitrogen and oxygen atoms in total. The number of cyclic esters (lactones) is 1. The molecule has 8 unspecified atom stereocenters. The molecule has 6 N–H and O–H groups in total. The van der Waals surface area contributed by atoms with E-state index in [-0.39, 0.29) is 12.3 Å². The second-order valence-corrected chi connectivity index (χ2v) is 12.1. The van der Waals surface area contributed by atoms with Crippen LogP contribution >= 0.6 is 0 Å².